The zero-order valence-corrected chi connectivity index (χ0v) is 11.8. The van der Waals surface area contributed by atoms with E-state index in [-0.39, 0.29) is 17.7 Å². The van der Waals surface area contributed by atoms with Gasteiger partial charge in [-0.3, -0.25) is 14.7 Å². The Balaban J connectivity index is 1.98. The first-order chi connectivity index (χ1) is 9.55. The van der Waals surface area contributed by atoms with Gasteiger partial charge in [0.1, 0.15) is 11.2 Å². The van der Waals surface area contributed by atoms with E-state index < -0.39 is 5.41 Å². The largest absolute Gasteiger partial charge is 0.314 e. The number of aliphatic imine (C=N–C) groups is 1. The fourth-order valence-corrected chi connectivity index (χ4v) is 4.00. The molecule has 0 N–H and O–H groups in total. The molecule has 4 nitrogen and oxygen atoms in total. The maximum Gasteiger partial charge on any atom is 0.248 e. The van der Waals surface area contributed by atoms with Crippen molar-refractivity contribution in [2.24, 2.45) is 16.3 Å². The van der Waals surface area contributed by atoms with Crippen molar-refractivity contribution in [1.29, 1.82) is 0 Å². The van der Waals surface area contributed by atoms with Gasteiger partial charge in [-0.25, -0.2) is 4.39 Å². The molecule has 1 amide bonds. The number of allylic oxidation sites excluding steroid dienone is 2. The fourth-order valence-electron chi connectivity index (χ4n) is 4.00. The molecule has 106 valence electrons. The van der Waals surface area contributed by atoms with Crippen LogP contribution in [-0.4, -0.2) is 41.3 Å². The molecular formula is C15H18FN3O. The summed E-state index contributed by atoms with van der Waals surface area (Å²) in [5, 5.41) is 0. The minimum absolute atomic E-state index is 0.0715. The highest BCUT2D eigenvalue weighted by molar-refractivity contribution is 6.07. The average Bonchev–Trinajstić information content (AvgIpc) is 2.92. The lowest BCUT2D eigenvalue weighted by Crippen LogP contribution is -2.61. The van der Waals surface area contributed by atoms with Crippen LogP contribution in [0.15, 0.2) is 28.2 Å². The molecule has 1 fully saturated rings. The zero-order chi connectivity index (χ0) is 14.1. The molecule has 3 aliphatic heterocycles. The molecule has 3 heterocycles. The normalized spacial score (nSPS) is 35.8. The van der Waals surface area contributed by atoms with Crippen molar-refractivity contribution in [2.75, 3.05) is 19.6 Å². The number of guanidine groups is 1. The van der Waals surface area contributed by atoms with Crippen LogP contribution in [0, 0.1) is 11.3 Å². The van der Waals surface area contributed by atoms with Gasteiger partial charge >= 0.3 is 0 Å². The van der Waals surface area contributed by atoms with E-state index in [1.165, 1.54) is 5.57 Å². The summed E-state index contributed by atoms with van der Waals surface area (Å²) in [6.45, 7) is 5.77. The molecule has 5 heteroatoms. The van der Waals surface area contributed by atoms with E-state index in [1.807, 2.05) is 6.92 Å². The minimum atomic E-state index is -1.13. The summed E-state index contributed by atoms with van der Waals surface area (Å²) in [4.78, 5) is 21.0. The lowest BCUT2D eigenvalue weighted by molar-refractivity contribution is -0.137. The van der Waals surface area contributed by atoms with E-state index in [0.29, 0.717) is 13.1 Å². The van der Waals surface area contributed by atoms with Gasteiger partial charge in [-0.1, -0.05) is 6.92 Å². The van der Waals surface area contributed by atoms with Crippen LogP contribution in [0.5, 0.6) is 0 Å². The number of fused-ring (bicyclic) bond motifs is 2. The summed E-state index contributed by atoms with van der Waals surface area (Å²) < 4.78 is 14.7. The maximum absolute atomic E-state index is 14.7. The van der Waals surface area contributed by atoms with Crippen molar-refractivity contribution in [3.05, 3.63) is 23.2 Å². The number of halogens is 1. The van der Waals surface area contributed by atoms with E-state index in [0.717, 1.165) is 31.0 Å². The average molecular weight is 275 g/mol. The Morgan fingerprint density at radius 1 is 1.40 bits per heavy atom. The molecule has 0 saturated carbocycles. The standard InChI is InChI=1S/C15H18FN3O/c1-9-8-11(16)15(2)12-10(9)4-3-6-18(12)14-17-5-7-19(14)13(15)20/h8-9H,3-7H2,1-2H3. The zero-order valence-electron chi connectivity index (χ0n) is 11.8. The Bertz CT molecular complexity index is 606. The smallest absolute Gasteiger partial charge is 0.248 e. The second-order valence-corrected chi connectivity index (χ2v) is 6.20. The van der Waals surface area contributed by atoms with Gasteiger partial charge in [0, 0.05) is 18.8 Å². The summed E-state index contributed by atoms with van der Waals surface area (Å²) in [6.07, 6.45) is 3.61. The van der Waals surface area contributed by atoms with Gasteiger partial charge in [0.15, 0.2) is 0 Å². The Morgan fingerprint density at radius 2 is 2.20 bits per heavy atom. The summed E-state index contributed by atoms with van der Waals surface area (Å²) in [5.74, 6) is 0.357. The number of amides is 1. The number of rotatable bonds is 0. The molecule has 0 spiro atoms. The predicted molar refractivity (Wildman–Crippen MR) is 73.4 cm³/mol. The van der Waals surface area contributed by atoms with Crippen molar-refractivity contribution < 1.29 is 9.18 Å². The van der Waals surface area contributed by atoms with Gasteiger partial charge in [0.25, 0.3) is 0 Å². The van der Waals surface area contributed by atoms with E-state index in [9.17, 15) is 9.18 Å². The molecule has 0 aromatic carbocycles. The third kappa shape index (κ3) is 1.21. The first-order valence-electron chi connectivity index (χ1n) is 7.30. The van der Waals surface area contributed by atoms with Crippen molar-refractivity contribution in [2.45, 2.75) is 26.7 Å². The molecule has 0 radical (unpaired) electrons. The van der Waals surface area contributed by atoms with Gasteiger partial charge in [-0.2, -0.15) is 0 Å². The van der Waals surface area contributed by atoms with E-state index in [1.54, 1.807) is 17.9 Å². The summed E-state index contributed by atoms with van der Waals surface area (Å²) in [7, 11) is 0. The lowest BCUT2D eigenvalue weighted by atomic mass is 9.70. The maximum atomic E-state index is 14.7. The predicted octanol–water partition coefficient (Wildman–Crippen LogP) is 2.06. The van der Waals surface area contributed by atoms with Crippen LogP contribution in [0.2, 0.25) is 0 Å². The van der Waals surface area contributed by atoms with E-state index in [2.05, 4.69) is 9.89 Å². The van der Waals surface area contributed by atoms with Crippen LogP contribution in [0.4, 0.5) is 4.39 Å². The van der Waals surface area contributed by atoms with Crippen molar-refractivity contribution >= 4 is 11.9 Å². The van der Waals surface area contributed by atoms with Crippen molar-refractivity contribution in [1.82, 2.24) is 9.80 Å². The van der Waals surface area contributed by atoms with Crippen LogP contribution in [-0.2, 0) is 4.79 Å². The van der Waals surface area contributed by atoms with Crippen LogP contribution in [0.1, 0.15) is 26.7 Å². The van der Waals surface area contributed by atoms with Gasteiger partial charge in [0.05, 0.1) is 6.54 Å². The number of nitrogens with zero attached hydrogens (tertiary/aromatic N) is 3. The molecule has 0 bridgehead atoms. The van der Waals surface area contributed by atoms with E-state index >= 15 is 0 Å². The quantitative estimate of drug-likeness (QED) is 0.678. The first kappa shape index (κ1) is 12.1. The third-order valence-corrected chi connectivity index (χ3v) is 5.03. The Labute approximate surface area is 117 Å². The highest BCUT2D eigenvalue weighted by Crippen LogP contribution is 2.52. The molecule has 2 atom stereocenters. The first-order valence-corrected chi connectivity index (χ1v) is 7.30. The third-order valence-electron chi connectivity index (χ3n) is 5.03. The fraction of sp³-hybridized carbons (Fsp3) is 0.600. The lowest BCUT2D eigenvalue weighted by Gasteiger charge is -2.51. The topological polar surface area (TPSA) is 35.9 Å². The van der Waals surface area contributed by atoms with Crippen LogP contribution in [0.25, 0.3) is 0 Å². The monoisotopic (exact) mass is 275 g/mol. The van der Waals surface area contributed by atoms with Gasteiger partial charge in [-0.05, 0) is 37.3 Å². The SMILES string of the molecule is CC1C=C(F)C2(C)C(=O)N3CCN=C3N3CCCC1=C32. The molecule has 20 heavy (non-hydrogen) atoms. The van der Waals surface area contributed by atoms with Crippen LogP contribution < -0.4 is 0 Å². The molecule has 1 saturated heterocycles. The summed E-state index contributed by atoms with van der Waals surface area (Å²) in [5.41, 5.74) is 0.951. The van der Waals surface area contributed by atoms with Gasteiger partial charge in [-0.15, -0.1) is 0 Å². The number of carbonyl (C=O) groups is 1. The summed E-state index contributed by atoms with van der Waals surface area (Å²) >= 11 is 0. The van der Waals surface area contributed by atoms with E-state index in [4.69, 9.17) is 0 Å². The van der Waals surface area contributed by atoms with Gasteiger partial charge in [0.2, 0.25) is 11.9 Å². The molecule has 0 aromatic rings. The van der Waals surface area contributed by atoms with Crippen molar-refractivity contribution in [3.63, 3.8) is 0 Å². The van der Waals surface area contributed by atoms with Crippen LogP contribution >= 0.6 is 0 Å². The molecule has 0 aromatic heterocycles. The molecular weight excluding hydrogens is 257 g/mol. The Kier molecular flexibility index (Phi) is 2.25. The second kappa shape index (κ2) is 3.71. The number of hydrogen-bond donors (Lipinski definition) is 0. The highest BCUT2D eigenvalue weighted by Gasteiger charge is 2.57. The van der Waals surface area contributed by atoms with Gasteiger partial charge < -0.3 is 4.90 Å². The molecule has 4 rings (SSSR count). The number of carbonyl (C=O) groups excluding carboxylic acids is 1. The van der Waals surface area contributed by atoms with Crippen molar-refractivity contribution in [3.8, 4) is 0 Å². The summed E-state index contributed by atoms with van der Waals surface area (Å²) in [6, 6.07) is 0. The Hall–Kier alpha value is -1.65. The number of hydrogen-bond acceptors (Lipinski definition) is 3. The van der Waals surface area contributed by atoms with Crippen LogP contribution in [0.3, 0.4) is 0 Å². The highest BCUT2D eigenvalue weighted by atomic mass is 19.1. The molecule has 4 aliphatic rings. The molecule has 2 unspecified atom stereocenters. The molecule has 1 aliphatic carbocycles. The minimum Gasteiger partial charge on any atom is -0.314 e. The second-order valence-electron chi connectivity index (χ2n) is 6.20. The Morgan fingerprint density at radius 3 is 3.00 bits per heavy atom.